The Morgan fingerprint density at radius 3 is 2.45 bits per heavy atom. The molecule has 33 heavy (non-hydrogen) atoms. The van der Waals surface area contributed by atoms with Crippen molar-refractivity contribution in [2.24, 2.45) is 28.8 Å². The summed E-state index contributed by atoms with van der Waals surface area (Å²) < 4.78 is 6.84. The van der Waals surface area contributed by atoms with Crippen molar-refractivity contribution in [3.05, 3.63) is 88.4 Å². The summed E-state index contributed by atoms with van der Waals surface area (Å²) in [6.45, 7) is 0.448. The summed E-state index contributed by atoms with van der Waals surface area (Å²) in [6.07, 6.45) is 6.64. The molecule has 6 rings (SSSR count). The predicted molar refractivity (Wildman–Crippen MR) is 130 cm³/mol. The van der Waals surface area contributed by atoms with Crippen LogP contribution in [0.4, 0.5) is 0 Å². The Morgan fingerprint density at radius 1 is 0.970 bits per heavy atom. The van der Waals surface area contributed by atoms with E-state index in [4.69, 9.17) is 4.74 Å². The van der Waals surface area contributed by atoms with Crippen LogP contribution in [0.15, 0.2) is 82.4 Å². The van der Waals surface area contributed by atoms with E-state index in [2.05, 4.69) is 57.4 Å². The van der Waals surface area contributed by atoms with E-state index in [1.165, 1.54) is 10.8 Å². The van der Waals surface area contributed by atoms with Gasteiger partial charge < -0.3 is 4.74 Å². The number of rotatable bonds is 5. The molecule has 1 saturated carbocycles. The van der Waals surface area contributed by atoms with Crippen molar-refractivity contribution in [2.75, 3.05) is 0 Å². The Labute approximate surface area is 199 Å². The number of hydrazone groups is 1. The fourth-order valence-electron chi connectivity index (χ4n) is 5.41. The molecule has 6 heteroatoms. The Hall–Kier alpha value is -3.25. The van der Waals surface area contributed by atoms with Crippen LogP contribution in [0.1, 0.15) is 17.5 Å². The molecule has 1 heterocycles. The van der Waals surface area contributed by atoms with E-state index in [0.717, 1.165) is 27.0 Å². The summed E-state index contributed by atoms with van der Waals surface area (Å²) in [5.74, 6) is 0.264. The average molecular weight is 501 g/mol. The van der Waals surface area contributed by atoms with Crippen LogP contribution in [0.5, 0.6) is 5.75 Å². The molecular weight excluding hydrogens is 480 g/mol. The van der Waals surface area contributed by atoms with Crippen LogP contribution in [-0.2, 0) is 16.2 Å². The standard InChI is InChI=1S/C27H21BrN2O3/c28-22-12-16(14-29-30-26(31)24-18-9-10-19(13-18)25(24)27(30)32)8-11-23(22)33-15-20-6-3-5-17-4-1-2-7-21(17)20/h1-12,14,18-19,24-25H,13,15H2/b29-14-/t18-,19-,24-,25-/m0/s1. The summed E-state index contributed by atoms with van der Waals surface area (Å²) in [7, 11) is 0. The normalized spacial score (nSPS) is 25.5. The van der Waals surface area contributed by atoms with Gasteiger partial charge in [-0.15, -0.1) is 0 Å². The first-order valence-corrected chi connectivity index (χ1v) is 11.9. The molecule has 2 fully saturated rings. The zero-order valence-electron chi connectivity index (χ0n) is 17.7. The second-order valence-corrected chi connectivity index (χ2v) is 9.70. The van der Waals surface area contributed by atoms with Crippen LogP contribution in [-0.4, -0.2) is 23.0 Å². The maximum Gasteiger partial charge on any atom is 0.254 e. The second kappa shape index (κ2) is 7.96. The van der Waals surface area contributed by atoms with Gasteiger partial charge in [0.25, 0.3) is 11.8 Å². The number of carbonyl (C=O) groups is 2. The summed E-state index contributed by atoms with van der Waals surface area (Å²) >= 11 is 3.57. The van der Waals surface area contributed by atoms with Crippen LogP contribution >= 0.6 is 15.9 Å². The molecular formula is C27H21BrN2O3. The molecule has 0 unspecified atom stereocenters. The Kier molecular flexibility index (Phi) is 4.91. The molecule has 1 aliphatic heterocycles. The van der Waals surface area contributed by atoms with Gasteiger partial charge in [-0.3, -0.25) is 9.59 Å². The summed E-state index contributed by atoms with van der Waals surface area (Å²) in [5, 5.41) is 7.68. The summed E-state index contributed by atoms with van der Waals surface area (Å²) in [4.78, 5) is 25.5. The lowest BCUT2D eigenvalue weighted by Gasteiger charge is -2.13. The van der Waals surface area contributed by atoms with Crippen molar-refractivity contribution in [3.8, 4) is 5.75 Å². The zero-order chi connectivity index (χ0) is 22.5. The second-order valence-electron chi connectivity index (χ2n) is 8.85. The van der Waals surface area contributed by atoms with E-state index in [0.29, 0.717) is 12.4 Å². The molecule has 0 radical (unpaired) electrons. The molecule has 3 aromatic carbocycles. The smallest absolute Gasteiger partial charge is 0.254 e. The SMILES string of the molecule is O=C1[C@@H]2[C@@H](C(=O)N1/N=C\c1ccc(OCc3cccc4ccccc34)c(Br)c1)[C@H]1C=C[C@H]2C1. The number of nitrogens with zero attached hydrogens (tertiary/aromatic N) is 2. The van der Waals surface area contributed by atoms with Crippen molar-refractivity contribution in [1.29, 1.82) is 0 Å². The molecule has 2 aliphatic carbocycles. The van der Waals surface area contributed by atoms with Crippen molar-refractivity contribution >= 4 is 44.7 Å². The van der Waals surface area contributed by atoms with Crippen LogP contribution < -0.4 is 4.74 Å². The lowest BCUT2D eigenvalue weighted by atomic mass is 9.85. The van der Waals surface area contributed by atoms with E-state index in [1.54, 1.807) is 6.21 Å². The third-order valence-electron chi connectivity index (χ3n) is 6.99. The molecule has 164 valence electrons. The van der Waals surface area contributed by atoms with Crippen LogP contribution in [0, 0.1) is 23.7 Å². The van der Waals surface area contributed by atoms with Gasteiger partial charge in [0, 0.05) is 0 Å². The predicted octanol–water partition coefficient (Wildman–Crippen LogP) is 5.32. The molecule has 2 bridgehead atoms. The van der Waals surface area contributed by atoms with Gasteiger partial charge in [-0.25, -0.2) is 0 Å². The summed E-state index contributed by atoms with van der Waals surface area (Å²) in [6, 6.07) is 20.0. The third kappa shape index (κ3) is 3.40. The molecule has 1 saturated heterocycles. The highest BCUT2D eigenvalue weighted by Crippen LogP contribution is 2.52. The minimum atomic E-state index is -0.235. The zero-order valence-corrected chi connectivity index (χ0v) is 19.3. The molecule has 3 aliphatic rings. The number of fused-ring (bicyclic) bond motifs is 6. The van der Waals surface area contributed by atoms with E-state index in [-0.39, 0.29) is 35.5 Å². The monoisotopic (exact) mass is 500 g/mol. The fourth-order valence-corrected chi connectivity index (χ4v) is 5.92. The molecule has 5 nitrogen and oxygen atoms in total. The van der Waals surface area contributed by atoms with Crippen LogP contribution in [0.25, 0.3) is 10.8 Å². The number of hydrogen-bond acceptors (Lipinski definition) is 4. The highest BCUT2D eigenvalue weighted by Gasteiger charge is 2.59. The lowest BCUT2D eigenvalue weighted by Crippen LogP contribution is -2.28. The highest BCUT2D eigenvalue weighted by molar-refractivity contribution is 9.10. The topological polar surface area (TPSA) is 59.0 Å². The number of amides is 2. The van der Waals surface area contributed by atoms with Gasteiger partial charge in [-0.05, 0) is 74.3 Å². The largest absolute Gasteiger partial charge is 0.488 e. The van der Waals surface area contributed by atoms with Gasteiger partial charge in [-0.2, -0.15) is 10.1 Å². The number of halogens is 1. The van der Waals surface area contributed by atoms with Gasteiger partial charge in [0.05, 0.1) is 22.5 Å². The van der Waals surface area contributed by atoms with E-state index in [9.17, 15) is 9.59 Å². The van der Waals surface area contributed by atoms with E-state index >= 15 is 0 Å². The molecule has 3 aromatic rings. The van der Waals surface area contributed by atoms with Crippen molar-refractivity contribution in [1.82, 2.24) is 5.01 Å². The fraction of sp³-hybridized carbons (Fsp3) is 0.222. The molecule has 0 N–H and O–H groups in total. The number of allylic oxidation sites excluding steroid dienone is 2. The minimum Gasteiger partial charge on any atom is -0.488 e. The Bertz CT molecular complexity index is 1310. The van der Waals surface area contributed by atoms with Gasteiger partial charge in [0.1, 0.15) is 12.4 Å². The third-order valence-corrected chi connectivity index (χ3v) is 7.61. The van der Waals surface area contributed by atoms with Crippen LogP contribution in [0.3, 0.4) is 0 Å². The maximum atomic E-state index is 12.8. The quantitative estimate of drug-likeness (QED) is 0.270. The van der Waals surface area contributed by atoms with Crippen molar-refractivity contribution in [2.45, 2.75) is 13.0 Å². The highest BCUT2D eigenvalue weighted by atomic mass is 79.9. The Balaban J connectivity index is 1.16. The maximum absolute atomic E-state index is 12.8. The number of imide groups is 1. The average Bonchev–Trinajstić information content (AvgIpc) is 3.51. The Morgan fingerprint density at radius 2 is 1.70 bits per heavy atom. The van der Waals surface area contributed by atoms with Crippen molar-refractivity contribution < 1.29 is 14.3 Å². The number of benzene rings is 3. The number of carbonyl (C=O) groups excluding carboxylic acids is 2. The minimum absolute atomic E-state index is 0.174. The first kappa shape index (κ1) is 20.4. The summed E-state index contributed by atoms with van der Waals surface area (Å²) in [5.41, 5.74) is 1.89. The molecule has 0 spiro atoms. The van der Waals surface area contributed by atoms with E-state index in [1.807, 2.05) is 36.4 Å². The van der Waals surface area contributed by atoms with Gasteiger partial charge >= 0.3 is 0 Å². The van der Waals surface area contributed by atoms with Gasteiger partial charge in [0.15, 0.2) is 0 Å². The number of ether oxygens (including phenoxy) is 1. The molecule has 2 amide bonds. The molecule has 0 aromatic heterocycles. The van der Waals surface area contributed by atoms with Crippen molar-refractivity contribution in [3.63, 3.8) is 0 Å². The molecule has 4 atom stereocenters. The van der Waals surface area contributed by atoms with Gasteiger partial charge in [0.2, 0.25) is 0 Å². The first-order valence-electron chi connectivity index (χ1n) is 11.1. The lowest BCUT2D eigenvalue weighted by molar-refractivity contribution is -0.140. The van der Waals surface area contributed by atoms with Gasteiger partial charge in [-0.1, -0.05) is 54.6 Å². The van der Waals surface area contributed by atoms with E-state index < -0.39 is 0 Å². The number of hydrogen-bond donors (Lipinski definition) is 0. The van der Waals surface area contributed by atoms with Crippen LogP contribution in [0.2, 0.25) is 0 Å². The first-order chi connectivity index (χ1) is 16.1.